The highest BCUT2D eigenvalue weighted by atomic mass is 16.2. The van der Waals surface area contributed by atoms with Crippen molar-refractivity contribution in [1.82, 2.24) is 10.2 Å². The van der Waals surface area contributed by atoms with Crippen LogP contribution in [0.1, 0.15) is 39.5 Å². The second-order valence-electron chi connectivity index (χ2n) is 5.44. The Morgan fingerprint density at radius 3 is 2.78 bits per heavy atom. The lowest BCUT2D eigenvalue weighted by Gasteiger charge is -2.28. The van der Waals surface area contributed by atoms with E-state index in [2.05, 4.69) is 11.4 Å². The van der Waals surface area contributed by atoms with Crippen LogP contribution in [0, 0.1) is 16.7 Å². The number of carbonyl (C=O) groups excluding carboxylic acids is 2. The number of piperidine rings is 1. The minimum atomic E-state index is -0.314. The first-order chi connectivity index (χ1) is 8.37. The van der Waals surface area contributed by atoms with Crippen LogP contribution in [0.3, 0.4) is 0 Å². The standard InChI is InChI=1S/C13H21N3O2/c1-13(2,9-14)7-4-8-15-10-5-6-11(17)16(3)12(10)18/h10,15H,4-8H2,1-3H3. The molecule has 0 saturated carbocycles. The first-order valence-electron chi connectivity index (χ1n) is 6.32. The first-order valence-corrected chi connectivity index (χ1v) is 6.32. The summed E-state index contributed by atoms with van der Waals surface area (Å²) >= 11 is 0. The lowest BCUT2D eigenvalue weighted by molar-refractivity contribution is -0.148. The summed E-state index contributed by atoms with van der Waals surface area (Å²) in [6.07, 6.45) is 2.64. The Hall–Kier alpha value is -1.41. The average Bonchev–Trinajstić information content (AvgIpc) is 2.34. The highest BCUT2D eigenvalue weighted by Crippen LogP contribution is 2.20. The molecule has 0 radical (unpaired) electrons. The van der Waals surface area contributed by atoms with E-state index in [4.69, 9.17) is 5.26 Å². The second-order valence-corrected chi connectivity index (χ2v) is 5.44. The normalized spacial score (nSPS) is 21.0. The molecule has 1 aliphatic rings. The van der Waals surface area contributed by atoms with Gasteiger partial charge in [-0.1, -0.05) is 0 Å². The van der Waals surface area contributed by atoms with Crippen molar-refractivity contribution in [2.24, 2.45) is 5.41 Å². The van der Waals surface area contributed by atoms with Crippen LogP contribution in [0.25, 0.3) is 0 Å². The fourth-order valence-electron chi connectivity index (χ4n) is 1.97. The fourth-order valence-corrected chi connectivity index (χ4v) is 1.97. The summed E-state index contributed by atoms with van der Waals surface area (Å²) in [6.45, 7) is 4.51. The van der Waals surface area contributed by atoms with Gasteiger partial charge in [0.15, 0.2) is 0 Å². The van der Waals surface area contributed by atoms with Gasteiger partial charge >= 0.3 is 0 Å². The molecular formula is C13H21N3O2. The Labute approximate surface area is 108 Å². The van der Waals surface area contributed by atoms with E-state index in [0.717, 1.165) is 12.8 Å². The largest absolute Gasteiger partial charge is 0.306 e. The van der Waals surface area contributed by atoms with Gasteiger partial charge in [-0.25, -0.2) is 0 Å². The summed E-state index contributed by atoms with van der Waals surface area (Å²) in [5.41, 5.74) is -0.314. The molecule has 1 N–H and O–H groups in total. The van der Waals surface area contributed by atoms with Crippen molar-refractivity contribution in [3.05, 3.63) is 0 Å². The Kier molecular flexibility index (Phi) is 4.85. The van der Waals surface area contributed by atoms with Crippen LogP contribution in [0.2, 0.25) is 0 Å². The second kappa shape index (κ2) is 5.96. The zero-order valence-corrected chi connectivity index (χ0v) is 11.3. The van der Waals surface area contributed by atoms with Gasteiger partial charge < -0.3 is 5.32 Å². The van der Waals surface area contributed by atoms with Crippen molar-refractivity contribution in [3.8, 4) is 6.07 Å². The van der Waals surface area contributed by atoms with Gasteiger partial charge in [0.25, 0.3) is 0 Å². The summed E-state index contributed by atoms with van der Waals surface area (Å²) in [4.78, 5) is 24.3. The van der Waals surface area contributed by atoms with Gasteiger partial charge in [0.05, 0.1) is 17.5 Å². The SMILES string of the molecule is CN1C(=O)CCC(NCCCC(C)(C)C#N)C1=O. The number of nitrogens with zero attached hydrogens (tertiary/aromatic N) is 2. The summed E-state index contributed by atoms with van der Waals surface area (Å²) < 4.78 is 0. The van der Waals surface area contributed by atoms with Gasteiger partial charge in [0.2, 0.25) is 11.8 Å². The molecule has 5 heteroatoms. The minimum Gasteiger partial charge on any atom is -0.306 e. The maximum absolute atomic E-state index is 11.8. The van der Waals surface area contributed by atoms with E-state index in [1.807, 2.05) is 13.8 Å². The van der Waals surface area contributed by atoms with E-state index < -0.39 is 0 Å². The van der Waals surface area contributed by atoms with Crippen LogP contribution in [-0.4, -0.2) is 36.3 Å². The fraction of sp³-hybridized carbons (Fsp3) is 0.769. The highest BCUT2D eigenvalue weighted by molar-refractivity contribution is 6.00. The number of nitrogens with one attached hydrogen (secondary N) is 1. The molecule has 0 bridgehead atoms. The zero-order valence-electron chi connectivity index (χ0n) is 11.3. The van der Waals surface area contributed by atoms with E-state index in [1.165, 1.54) is 11.9 Å². The minimum absolute atomic E-state index is 0.108. The molecule has 18 heavy (non-hydrogen) atoms. The van der Waals surface area contributed by atoms with E-state index in [9.17, 15) is 9.59 Å². The monoisotopic (exact) mass is 251 g/mol. The molecule has 1 fully saturated rings. The van der Waals surface area contributed by atoms with Crippen LogP contribution in [0.15, 0.2) is 0 Å². The number of hydrogen-bond acceptors (Lipinski definition) is 4. The molecule has 1 rings (SSSR count). The molecule has 1 atom stereocenters. The van der Waals surface area contributed by atoms with E-state index in [1.54, 1.807) is 0 Å². The van der Waals surface area contributed by atoms with Crippen LogP contribution in [0.4, 0.5) is 0 Å². The van der Waals surface area contributed by atoms with Crippen molar-refractivity contribution in [2.45, 2.75) is 45.6 Å². The molecule has 0 aromatic carbocycles. The molecule has 1 aliphatic heterocycles. The Morgan fingerprint density at radius 1 is 1.50 bits per heavy atom. The Balaban J connectivity index is 2.31. The van der Waals surface area contributed by atoms with Gasteiger partial charge in [-0.2, -0.15) is 5.26 Å². The molecule has 100 valence electrons. The third-order valence-electron chi connectivity index (χ3n) is 3.32. The molecule has 0 aromatic rings. The molecular weight excluding hydrogens is 230 g/mol. The smallest absolute Gasteiger partial charge is 0.246 e. The van der Waals surface area contributed by atoms with Crippen LogP contribution < -0.4 is 5.32 Å². The number of nitriles is 1. The number of rotatable bonds is 5. The number of likely N-dealkylation sites (tertiary alicyclic amines) is 1. The predicted octanol–water partition coefficient (Wildman–Crippen LogP) is 1.05. The quantitative estimate of drug-likeness (QED) is 0.585. The predicted molar refractivity (Wildman–Crippen MR) is 67.4 cm³/mol. The zero-order chi connectivity index (χ0) is 13.8. The van der Waals surface area contributed by atoms with Crippen LogP contribution in [0.5, 0.6) is 0 Å². The molecule has 1 unspecified atom stereocenters. The lowest BCUT2D eigenvalue weighted by atomic mass is 9.90. The lowest BCUT2D eigenvalue weighted by Crippen LogP contribution is -2.51. The average molecular weight is 251 g/mol. The maximum Gasteiger partial charge on any atom is 0.246 e. The summed E-state index contributed by atoms with van der Waals surface area (Å²) in [5, 5.41) is 12.0. The van der Waals surface area contributed by atoms with E-state index >= 15 is 0 Å². The maximum atomic E-state index is 11.8. The molecule has 5 nitrogen and oxygen atoms in total. The number of hydrogen-bond donors (Lipinski definition) is 1. The molecule has 1 heterocycles. The van der Waals surface area contributed by atoms with Gasteiger partial charge in [-0.3, -0.25) is 14.5 Å². The molecule has 2 amide bonds. The Bertz CT molecular complexity index is 371. The number of likely N-dealkylation sites (N-methyl/N-ethyl adjacent to an activating group) is 1. The molecule has 0 aromatic heterocycles. The number of amides is 2. The topological polar surface area (TPSA) is 73.2 Å². The highest BCUT2D eigenvalue weighted by Gasteiger charge is 2.31. The van der Waals surface area contributed by atoms with Gasteiger partial charge in [-0.15, -0.1) is 0 Å². The van der Waals surface area contributed by atoms with Gasteiger partial charge in [0, 0.05) is 13.5 Å². The van der Waals surface area contributed by atoms with Gasteiger partial charge in [0.1, 0.15) is 0 Å². The molecule has 0 spiro atoms. The summed E-state index contributed by atoms with van der Waals surface area (Å²) in [7, 11) is 1.53. The third kappa shape index (κ3) is 3.81. The van der Waals surface area contributed by atoms with Crippen molar-refractivity contribution >= 4 is 11.8 Å². The summed E-state index contributed by atoms with van der Waals surface area (Å²) in [5.74, 6) is -0.255. The number of imide groups is 1. The summed E-state index contributed by atoms with van der Waals surface area (Å²) in [6, 6.07) is 2.00. The third-order valence-corrected chi connectivity index (χ3v) is 3.32. The molecule has 0 aliphatic carbocycles. The Morgan fingerprint density at radius 2 is 2.17 bits per heavy atom. The number of carbonyl (C=O) groups is 2. The van der Waals surface area contributed by atoms with Gasteiger partial charge in [-0.05, 0) is 39.7 Å². The van der Waals surface area contributed by atoms with Crippen molar-refractivity contribution in [3.63, 3.8) is 0 Å². The first kappa shape index (κ1) is 14.7. The van der Waals surface area contributed by atoms with Crippen molar-refractivity contribution < 1.29 is 9.59 Å². The van der Waals surface area contributed by atoms with E-state index in [-0.39, 0.29) is 23.3 Å². The van der Waals surface area contributed by atoms with Crippen molar-refractivity contribution in [2.75, 3.05) is 13.6 Å². The van der Waals surface area contributed by atoms with Crippen LogP contribution in [-0.2, 0) is 9.59 Å². The molecule has 1 saturated heterocycles. The van der Waals surface area contributed by atoms with E-state index in [0.29, 0.717) is 19.4 Å². The van der Waals surface area contributed by atoms with Crippen molar-refractivity contribution in [1.29, 1.82) is 5.26 Å². The van der Waals surface area contributed by atoms with Crippen LogP contribution >= 0.6 is 0 Å².